The molecule has 104 valence electrons. The van der Waals surface area contributed by atoms with Crippen LogP contribution in [0.5, 0.6) is 0 Å². The molecule has 0 aliphatic heterocycles. The van der Waals surface area contributed by atoms with Gasteiger partial charge in [0.1, 0.15) is 5.41 Å². The third-order valence-electron chi connectivity index (χ3n) is 3.72. The first kappa shape index (κ1) is 15.1. The highest BCUT2D eigenvalue weighted by Gasteiger charge is 2.45. The van der Waals surface area contributed by atoms with Crippen molar-refractivity contribution in [1.82, 2.24) is 5.32 Å². The van der Waals surface area contributed by atoms with Gasteiger partial charge in [0.05, 0.1) is 0 Å². The smallest absolute Gasteiger partial charge is 0.234 e. The molecule has 1 rings (SSSR count). The van der Waals surface area contributed by atoms with Gasteiger partial charge < -0.3 is 16.3 Å². The second-order valence-electron chi connectivity index (χ2n) is 5.42. The van der Waals surface area contributed by atoms with E-state index < -0.39 is 5.41 Å². The van der Waals surface area contributed by atoms with Gasteiger partial charge in [-0.2, -0.15) is 11.8 Å². The predicted octanol–water partition coefficient (Wildman–Crippen LogP) is 1.55. The van der Waals surface area contributed by atoms with Gasteiger partial charge in [-0.25, -0.2) is 0 Å². The standard InChI is InChI=1S/C12H23N3O2S/c1-11(2,18-3)8-14-10(16)12(9(13)15-17)6-4-5-7-12/h17H,4-8H2,1-3H3,(H2,13,15)(H,14,16). The molecule has 4 N–H and O–H groups in total. The summed E-state index contributed by atoms with van der Waals surface area (Å²) in [7, 11) is 0. The molecule has 0 radical (unpaired) electrons. The normalized spacial score (nSPS) is 19.8. The highest BCUT2D eigenvalue weighted by Crippen LogP contribution is 2.38. The molecule has 0 aromatic carbocycles. The molecule has 0 saturated heterocycles. The van der Waals surface area contributed by atoms with Gasteiger partial charge in [0.25, 0.3) is 0 Å². The molecule has 1 saturated carbocycles. The molecular weight excluding hydrogens is 250 g/mol. The average Bonchev–Trinajstić information content (AvgIpc) is 2.85. The highest BCUT2D eigenvalue weighted by atomic mass is 32.2. The summed E-state index contributed by atoms with van der Waals surface area (Å²) >= 11 is 1.70. The third-order valence-corrected chi connectivity index (χ3v) is 4.97. The summed E-state index contributed by atoms with van der Waals surface area (Å²) in [5, 5.41) is 14.9. The van der Waals surface area contributed by atoms with Crippen molar-refractivity contribution in [2.45, 2.75) is 44.3 Å². The van der Waals surface area contributed by atoms with E-state index in [4.69, 9.17) is 10.9 Å². The number of hydrogen-bond acceptors (Lipinski definition) is 4. The Bertz CT molecular complexity index is 336. The lowest BCUT2D eigenvalue weighted by molar-refractivity contribution is -0.127. The second kappa shape index (κ2) is 5.82. The zero-order chi connectivity index (χ0) is 13.8. The van der Waals surface area contributed by atoms with Crippen LogP contribution in [0.15, 0.2) is 5.16 Å². The third kappa shape index (κ3) is 3.10. The molecule has 0 atom stereocenters. The number of amides is 1. The zero-order valence-corrected chi connectivity index (χ0v) is 12.1. The number of nitrogens with two attached hydrogens (primary N) is 1. The van der Waals surface area contributed by atoms with Crippen LogP contribution in [-0.2, 0) is 4.79 Å². The molecule has 1 aliphatic carbocycles. The van der Waals surface area contributed by atoms with Crippen molar-refractivity contribution < 1.29 is 10.0 Å². The summed E-state index contributed by atoms with van der Waals surface area (Å²) in [6.45, 7) is 4.72. The fraction of sp³-hybridized carbons (Fsp3) is 0.833. The lowest BCUT2D eigenvalue weighted by Gasteiger charge is -2.29. The molecule has 0 spiro atoms. The summed E-state index contributed by atoms with van der Waals surface area (Å²) in [5.41, 5.74) is 4.92. The molecule has 6 heteroatoms. The van der Waals surface area contributed by atoms with Crippen molar-refractivity contribution in [3.05, 3.63) is 0 Å². The van der Waals surface area contributed by atoms with Gasteiger partial charge in [0.15, 0.2) is 5.84 Å². The molecule has 0 heterocycles. The van der Waals surface area contributed by atoms with Crippen molar-refractivity contribution >= 4 is 23.5 Å². The van der Waals surface area contributed by atoms with Gasteiger partial charge in [0, 0.05) is 11.3 Å². The number of carbonyl (C=O) groups is 1. The molecule has 0 bridgehead atoms. The molecule has 1 amide bonds. The molecule has 0 unspecified atom stereocenters. The number of carbonyl (C=O) groups excluding carboxylic acids is 1. The van der Waals surface area contributed by atoms with Crippen molar-refractivity contribution in [3.63, 3.8) is 0 Å². The van der Waals surface area contributed by atoms with Crippen LogP contribution in [-0.4, -0.2) is 34.5 Å². The van der Waals surface area contributed by atoms with E-state index in [0.29, 0.717) is 19.4 Å². The van der Waals surface area contributed by atoms with Gasteiger partial charge in [-0.1, -0.05) is 18.0 Å². The van der Waals surface area contributed by atoms with Crippen molar-refractivity contribution in [1.29, 1.82) is 0 Å². The Morgan fingerprint density at radius 1 is 1.50 bits per heavy atom. The van der Waals surface area contributed by atoms with Crippen LogP contribution in [0.25, 0.3) is 0 Å². The Hall–Kier alpha value is -0.910. The minimum atomic E-state index is -0.802. The Morgan fingerprint density at radius 3 is 2.50 bits per heavy atom. The summed E-state index contributed by atoms with van der Waals surface area (Å²) in [6, 6.07) is 0. The van der Waals surface area contributed by atoms with E-state index in [2.05, 4.69) is 24.3 Å². The van der Waals surface area contributed by atoms with Crippen LogP contribution in [0.1, 0.15) is 39.5 Å². The largest absolute Gasteiger partial charge is 0.409 e. The van der Waals surface area contributed by atoms with Crippen LogP contribution < -0.4 is 11.1 Å². The first-order valence-electron chi connectivity index (χ1n) is 6.19. The zero-order valence-electron chi connectivity index (χ0n) is 11.3. The fourth-order valence-electron chi connectivity index (χ4n) is 2.21. The first-order valence-corrected chi connectivity index (χ1v) is 7.42. The van der Waals surface area contributed by atoms with E-state index >= 15 is 0 Å². The number of rotatable bonds is 5. The molecule has 0 aromatic heterocycles. The second-order valence-corrected chi connectivity index (χ2v) is 6.93. The lowest BCUT2D eigenvalue weighted by atomic mass is 9.83. The van der Waals surface area contributed by atoms with Crippen LogP contribution in [0, 0.1) is 5.41 Å². The highest BCUT2D eigenvalue weighted by molar-refractivity contribution is 7.99. The molecular formula is C12H23N3O2S. The quantitative estimate of drug-likeness (QED) is 0.307. The van der Waals surface area contributed by atoms with Gasteiger partial charge >= 0.3 is 0 Å². The molecule has 5 nitrogen and oxygen atoms in total. The predicted molar refractivity (Wildman–Crippen MR) is 74.9 cm³/mol. The minimum absolute atomic E-state index is 0.0133. The maximum Gasteiger partial charge on any atom is 0.234 e. The summed E-state index contributed by atoms with van der Waals surface area (Å²) in [6.07, 6.45) is 5.22. The SMILES string of the molecule is CSC(C)(C)CNC(=O)C1(C(N)=NO)CCCC1. The van der Waals surface area contributed by atoms with E-state index in [-0.39, 0.29) is 16.5 Å². The number of thioether (sulfide) groups is 1. The van der Waals surface area contributed by atoms with E-state index in [0.717, 1.165) is 12.8 Å². The maximum atomic E-state index is 12.3. The van der Waals surface area contributed by atoms with Crippen molar-refractivity contribution in [2.24, 2.45) is 16.3 Å². The van der Waals surface area contributed by atoms with Crippen LogP contribution in [0.4, 0.5) is 0 Å². The van der Waals surface area contributed by atoms with E-state index in [9.17, 15) is 4.79 Å². The molecule has 18 heavy (non-hydrogen) atoms. The van der Waals surface area contributed by atoms with E-state index in [1.807, 2.05) is 6.26 Å². The van der Waals surface area contributed by atoms with Crippen LogP contribution in [0.2, 0.25) is 0 Å². The molecule has 0 aromatic rings. The fourth-order valence-corrected chi connectivity index (χ4v) is 2.42. The summed E-state index contributed by atoms with van der Waals surface area (Å²) < 4.78 is -0.0133. The van der Waals surface area contributed by atoms with Gasteiger partial charge in [0.2, 0.25) is 5.91 Å². The number of nitrogens with one attached hydrogen (secondary N) is 1. The van der Waals surface area contributed by atoms with E-state index in [1.54, 1.807) is 11.8 Å². The molecule has 1 fully saturated rings. The number of nitrogens with zero attached hydrogens (tertiary/aromatic N) is 1. The van der Waals surface area contributed by atoms with Crippen molar-refractivity contribution in [2.75, 3.05) is 12.8 Å². The molecule has 1 aliphatic rings. The maximum absolute atomic E-state index is 12.3. The Labute approximate surface area is 113 Å². The van der Waals surface area contributed by atoms with Gasteiger partial charge in [-0.05, 0) is 32.9 Å². The van der Waals surface area contributed by atoms with Crippen LogP contribution >= 0.6 is 11.8 Å². The Kier molecular flexibility index (Phi) is 4.90. The summed E-state index contributed by atoms with van der Waals surface area (Å²) in [4.78, 5) is 12.3. The van der Waals surface area contributed by atoms with Gasteiger partial charge in [-0.15, -0.1) is 0 Å². The number of hydrogen-bond donors (Lipinski definition) is 3. The first-order chi connectivity index (χ1) is 8.38. The number of amidine groups is 1. The lowest BCUT2D eigenvalue weighted by Crippen LogP contribution is -2.50. The number of oxime groups is 1. The Morgan fingerprint density at radius 2 is 2.06 bits per heavy atom. The average molecular weight is 273 g/mol. The Balaban J connectivity index is 2.74. The topological polar surface area (TPSA) is 87.7 Å². The monoisotopic (exact) mass is 273 g/mol. The van der Waals surface area contributed by atoms with Crippen LogP contribution in [0.3, 0.4) is 0 Å². The minimum Gasteiger partial charge on any atom is -0.409 e. The van der Waals surface area contributed by atoms with Gasteiger partial charge in [-0.3, -0.25) is 4.79 Å². The summed E-state index contributed by atoms with van der Waals surface area (Å²) in [5.74, 6) is -0.0723. The van der Waals surface area contributed by atoms with Crippen molar-refractivity contribution in [3.8, 4) is 0 Å². The van der Waals surface area contributed by atoms with E-state index in [1.165, 1.54) is 0 Å².